The first-order valence-corrected chi connectivity index (χ1v) is 6.44. The molecule has 2 saturated heterocycles. The normalized spacial score (nSPS) is 26.9. The minimum atomic E-state index is -0.519. The third-order valence-corrected chi connectivity index (χ3v) is 3.82. The molecule has 0 saturated carbocycles. The standard InChI is InChI=1S/C13H16N2O4/c1-18-13(17)10-8(5-7-19-10)11-14-12(16)9-4-2-3-6-15(9)11/h5,7,9,11H,2-4,6H2,1H3,(H,14,16)/t9-,11-/m0/s1. The van der Waals surface area contributed by atoms with Gasteiger partial charge in [-0.05, 0) is 18.9 Å². The fourth-order valence-corrected chi connectivity index (χ4v) is 2.91. The lowest BCUT2D eigenvalue weighted by atomic mass is 10.0. The molecule has 19 heavy (non-hydrogen) atoms. The number of amides is 1. The fourth-order valence-electron chi connectivity index (χ4n) is 2.91. The van der Waals surface area contributed by atoms with E-state index in [1.165, 1.54) is 13.4 Å². The molecule has 1 amide bonds. The van der Waals surface area contributed by atoms with Gasteiger partial charge in [0.05, 0.1) is 19.4 Å². The molecular formula is C13H16N2O4. The van der Waals surface area contributed by atoms with Gasteiger partial charge in [-0.15, -0.1) is 0 Å². The predicted octanol–water partition coefficient (Wildman–Crippen LogP) is 1.05. The molecule has 3 rings (SSSR count). The van der Waals surface area contributed by atoms with Crippen molar-refractivity contribution < 1.29 is 18.7 Å². The third-order valence-electron chi connectivity index (χ3n) is 3.82. The molecule has 1 aromatic rings. The van der Waals surface area contributed by atoms with Gasteiger partial charge in [-0.2, -0.15) is 0 Å². The molecule has 0 spiro atoms. The monoisotopic (exact) mass is 264 g/mol. The summed E-state index contributed by atoms with van der Waals surface area (Å²) in [7, 11) is 1.31. The predicted molar refractivity (Wildman–Crippen MR) is 65.3 cm³/mol. The van der Waals surface area contributed by atoms with Crippen LogP contribution in [0.3, 0.4) is 0 Å². The maximum Gasteiger partial charge on any atom is 0.374 e. The zero-order chi connectivity index (χ0) is 13.4. The van der Waals surface area contributed by atoms with E-state index in [1.807, 2.05) is 0 Å². The molecule has 2 atom stereocenters. The number of rotatable bonds is 2. The molecule has 102 valence electrons. The summed E-state index contributed by atoms with van der Waals surface area (Å²) in [6.07, 6.45) is 4.16. The van der Waals surface area contributed by atoms with Gasteiger partial charge in [0.25, 0.3) is 0 Å². The zero-order valence-electron chi connectivity index (χ0n) is 10.7. The summed E-state index contributed by atoms with van der Waals surface area (Å²) < 4.78 is 9.89. The van der Waals surface area contributed by atoms with Crippen molar-refractivity contribution in [3.8, 4) is 0 Å². The van der Waals surface area contributed by atoms with Gasteiger partial charge < -0.3 is 14.5 Å². The lowest BCUT2D eigenvalue weighted by Gasteiger charge is -2.31. The molecule has 3 heterocycles. The van der Waals surface area contributed by atoms with Crippen LogP contribution in [0.15, 0.2) is 16.7 Å². The highest BCUT2D eigenvalue weighted by Gasteiger charge is 2.43. The summed E-state index contributed by atoms with van der Waals surface area (Å²) in [6, 6.07) is 1.63. The van der Waals surface area contributed by atoms with E-state index in [2.05, 4.69) is 10.2 Å². The van der Waals surface area contributed by atoms with Crippen LogP contribution in [0.2, 0.25) is 0 Å². The van der Waals surface area contributed by atoms with E-state index in [0.29, 0.717) is 5.56 Å². The Kier molecular flexibility index (Phi) is 3.02. The lowest BCUT2D eigenvalue weighted by molar-refractivity contribution is -0.122. The number of ether oxygens (including phenoxy) is 1. The van der Waals surface area contributed by atoms with E-state index in [1.54, 1.807) is 6.07 Å². The SMILES string of the molecule is COC(=O)c1occc1[C@H]1NC(=O)[C@@H]2CCCCN12. The minimum absolute atomic E-state index is 0.0294. The van der Waals surface area contributed by atoms with Gasteiger partial charge in [-0.3, -0.25) is 9.69 Å². The van der Waals surface area contributed by atoms with E-state index in [-0.39, 0.29) is 23.9 Å². The molecule has 2 fully saturated rings. The third kappa shape index (κ3) is 1.92. The van der Waals surface area contributed by atoms with Crippen molar-refractivity contribution in [1.29, 1.82) is 0 Å². The first-order chi connectivity index (χ1) is 9.22. The number of furan rings is 1. The van der Waals surface area contributed by atoms with Gasteiger partial charge >= 0.3 is 5.97 Å². The molecule has 0 radical (unpaired) electrons. The molecule has 0 bridgehead atoms. The molecule has 0 unspecified atom stereocenters. The van der Waals surface area contributed by atoms with E-state index in [0.717, 1.165) is 25.8 Å². The molecule has 2 aliphatic heterocycles. The number of hydrogen-bond acceptors (Lipinski definition) is 5. The quantitative estimate of drug-likeness (QED) is 0.808. The van der Waals surface area contributed by atoms with E-state index in [4.69, 9.17) is 9.15 Å². The van der Waals surface area contributed by atoms with E-state index >= 15 is 0 Å². The maximum absolute atomic E-state index is 12.0. The Hall–Kier alpha value is -1.82. The molecular weight excluding hydrogens is 248 g/mol. The zero-order valence-corrected chi connectivity index (χ0v) is 10.7. The van der Waals surface area contributed by atoms with Crippen molar-refractivity contribution in [3.05, 3.63) is 23.7 Å². The number of methoxy groups -OCH3 is 1. The summed E-state index contributed by atoms with van der Waals surface area (Å²) in [4.78, 5) is 25.7. The second kappa shape index (κ2) is 4.70. The number of esters is 1. The van der Waals surface area contributed by atoms with Crippen molar-refractivity contribution in [2.45, 2.75) is 31.5 Å². The van der Waals surface area contributed by atoms with Crippen LogP contribution in [-0.2, 0) is 9.53 Å². The summed E-state index contributed by atoms with van der Waals surface area (Å²) >= 11 is 0. The second-order valence-electron chi connectivity index (χ2n) is 4.86. The average molecular weight is 264 g/mol. The second-order valence-corrected chi connectivity index (χ2v) is 4.86. The number of carbonyl (C=O) groups is 2. The van der Waals surface area contributed by atoms with Crippen molar-refractivity contribution in [1.82, 2.24) is 10.2 Å². The highest BCUT2D eigenvalue weighted by atomic mass is 16.5. The first kappa shape index (κ1) is 12.2. The van der Waals surface area contributed by atoms with Crippen LogP contribution in [0.25, 0.3) is 0 Å². The summed E-state index contributed by atoms with van der Waals surface area (Å²) in [5, 5.41) is 2.94. The summed E-state index contributed by atoms with van der Waals surface area (Å²) in [5.41, 5.74) is 0.671. The van der Waals surface area contributed by atoms with Gasteiger partial charge in [0.1, 0.15) is 6.17 Å². The van der Waals surface area contributed by atoms with Gasteiger partial charge in [0, 0.05) is 12.1 Å². The van der Waals surface area contributed by atoms with Crippen LogP contribution in [0, 0.1) is 0 Å². The Morgan fingerprint density at radius 1 is 1.53 bits per heavy atom. The molecule has 6 nitrogen and oxygen atoms in total. The van der Waals surface area contributed by atoms with Gasteiger partial charge in [-0.1, -0.05) is 6.42 Å². The van der Waals surface area contributed by atoms with E-state index < -0.39 is 5.97 Å². The number of nitrogens with zero attached hydrogens (tertiary/aromatic N) is 1. The van der Waals surface area contributed by atoms with E-state index in [9.17, 15) is 9.59 Å². The van der Waals surface area contributed by atoms with Crippen molar-refractivity contribution in [3.63, 3.8) is 0 Å². The first-order valence-electron chi connectivity index (χ1n) is 6.44. The maximum atomic E-state index is 12.0. The number of carbonyl (C=O) groups excluding carboxylic acids is 2. The summed E-state index contributed by atoms with van der Waals surface area (Å²) in [5.74, 6) is -0.324. The Labute approximate surface area is 110 Å². The Bertz CT molecular complexity index is 510. The van der Waals surface area contributed by atoms with Gasteiger partial charge in [0.2, 0.25) is 11.7 Å². The summed E-state index contributed by atoms with van der Waals surface area (Å²) in [6.45, 7) is 0.847. The van der Waals surface area contributed by atoms with Crippen molar-refractivity contribution in [2.24, 2.45) is 0 Å². The van der Waals surface area contributed by atoms with Crippen LogP contribution in [0.4, 0.5) is 0 Å². The highest BCUT2D eigenvalue weighted by Crippen LogP contribution is 2.34. The Morgan fingerprint density at radius 2 is 2.37 bits per heavy atom. The molecule has 1 N–H and O–H groups in total. The minimum Gasteiger partial charge on any atom is -0.463 e. The number of nitrogens with one attached hydrogen (secondary N) is 1. The van der Waals surface area contributed by atoms with Crippen LogP contribution >= 0.6 is 0 Å². The lowest BCUT2D eigenvalue weighted by Crippen LogP contribution is -2.38. The molecule has 6 heteroatoms. The smallest absolute Gasteiger partial charge is 0.374 e. The van der Waals surface area contributed by atoms with Crippen molar-refractivity contribution in [2.75, 3.05) is 13.7 Å². The highest BCUT2D eigenvalue weighted by molar-refractivity contribution is 5.89. The Morgan fingerprint density at radius 3 is 3.16 bits per heavy atom. The largest absolute Gasteiger partial charge is 0.463 e. The molecule has 0 aliphatic carbocycles. The average Bonchev–Trinajstić information content (AvgIpc) is 3.03. The fraction of sp³-hybridized carbons (Fsp3) is 0.538. The number of piperidine rings is 1. The number of fused-ring (bicyclic) bond motifs is 1. The van der Waals surface area contributed by atoms with Crippen molar-refractivity contribution >= 4 is 11.9 Å². The van der Waals surface area contributed by atoms with Gasteiger partial charge in [-0.25, -0.2) is 4.79 Å². The Balaban J connectivity index is 1.92. The van der Waals surface area contributed by atoms with Crippen LogP contribution in [-0.4, -0.2) is 36.5 Å². The topological polar surface area (TPSA) is 71.8 Å². The number of hydrogen-bond donors (Lipinski definition) is 1. The molecule has 2 aliphatic rings. The van der Waals surface area contributed by atoms with Crippen LogP contribution in [0.1, 0.15) is 41.5 Å². The molecule has 1 aromatic heterocycles. The van der Waals surface area contributed by atoms with Gasteiger partial charge in [0.15, 0.2) is 0 Å². The van der Waals surface area contributed by atoms with Crippen LogP contribution in [0.5, 0.6) is 0 Å². The molecule has 0 aromatic carbocycles. The van der Waals surface area contributed by atoms with Crippen LogP contribution < -0.4 is 5.32 Å².